The highest BCUT2D eigenvalue weighted by Crippen LogP contribution is 2.45. The minimum Gasteiger partial charge on any atom is -0.373 e. The molecule has 90 valence electrons. The van der Waals surface area contributed by atoms with Crippen LogP contribution >= 0.6 is 8.58 Å². The molecule has 0 saturated carbocycles. The van der Waals surface area contributed by atoms with Crippen LogP contribution in [0.25, 0.3) is 0 Å². The average Bonchev–Trinajstić information content (AvgIpc) is 2.70. The van der Waals surface area contributed by atoms with E-state index in [1.165, 1.54) is 32.4 Å². The van der Waals surface area contributed by atoms with Gasteiger partial charge in [0, 0.05) is 0 Å². The van der Waals surface area contributed by atoms with Gasteiger partial charge in [0.05, 0.1) is 12.5 Å². The maximum atomic E-state index is 5.82. The lowest BCUT2D eigenvalue weighted by atomic mass is 9.78. The Hall–Kier alpha value is 0.350. The zero-order valence-corrected chi connectivity index (χ0v) is 11.7. The molecule has 0 aliphatic carbocycles. The van der Waals surface area contributed by atoms with E-state index in [4.69, 9.17) is 4.74 Å². The van der Waals surface area contributed by atoms with Gasteiger partial charge in [0.2, 0.25) is 0 Å². The molecular weight excluding hydrogens is 205 g/mol. The summed E-state index contributed by atoms with van der Waals surface area (Å²) in [5.41, 5.74) is 0.570. The quantitative estimate of drug-likeness (QED) is 0.643. The van der Waals surface area contributed by atoms with E-state index in [1.807, 2.05) is 13.8 Å². The van der Waals surface area contributed by atoms with Crippen molar-refractivity contribution in [3.8, 4) is 0 Å². The first-order chi connectivity index (χ1) is 7.24. The van der Waals surface area contributed by atoms with Crippen LogP contribution in [0.3, 0.4) is 0 Å². The number of rotatable bonds is 1. The first-order valence-corrected chi connectivity index (χ1v) is 7.79. The first-order valence-electron chi connectivity index (χ1n) is 6.22. The number of hydrogen-bond donors (Lipinski definition) is 0. The number of piperidine rings is 1. The highest BCUT2D eigenvalue weighted by atomic mass is 31.1. The average molecular weight is 231 g/mol. The highest BCUT2D eigenvalue weighted by molar-refractivity contribution is 7.37. The summed E-state index contributed by atoms with van der Waals surface area (Å²) in [6, 6.07) is 0. The van der Waals surface area contributed by atoms with Crippen molar-refractivity contribution in [3.63, 3.8) is 0 Å². The molecule has 2 fully saturated rings. The lowest BCUT2D eigenvalue weighted by Crippen LogP contribution is -2.38. The van der Waals surface area contributed by atoms with Crippen molar-refractivity contribution >= 4 is 8.58 Å². The molecule has 15 heavy (non-hydrogen) atoms. The Morgan fingerprint density at radius 1 is 1.27 bits per heavy atom. The molecule has 1 spiro atoms. The van der Waals surface area contributed by atoms with E-state index in [9.17, 15) is 0 Å². The minimum atomic E-state index is 0.570. The zero-order valence-electron chi connectivity index (χ0n) is 10.7. The number of nitrogens with zero attached hydrogens (tertiary/aromatic N) is 1. The Morgan fingerprint density at radius 3 is 2.33 bits per heavy atom. The first kappa shape index (κ1) is 13.4. The molecule has 0 aromatic rings. The second kappa shape index (κ2) is 6.18. The summed E-state index contributed by atoms with van der Waals surface area (Å²) >= 11 is 0. The topological polar surface area (TPSA) is 12.5 Å². The van der Waals surface area contributed by atoms with Gasteiger partial charge >= 0.3 is 0 Å². The van der Waals surface area contributed by atoms with Gasteiger partial charge in [0.1, 0.15) is 0 Å². The van der Waals surface area contributed by atoms with Crippen LogP contribution in [0.5, 0.6) is 0 Å². The monoisotopic (exact) mass is 231 g/mol. The molecular formula is C12H26NOP. The molecule has 3 heteroatoms. The van der Waals surface area contributed by atoms with E-state index in [0.717, 1.165) is 15.2 Å². The van der Waals surface area contributed by atoms with Crippen LogP contribution < -0.4 is 0 Å². The van der Waals surface area contributed by atoms with Crippen LogP contribution in [0.15, 0.2) is 0 Å². The molecule has 2 rings (SSSR count). The van der Waals surface area contributed by atoms with Gasteiger partial charge < -0.3 is 9.64 Å². The third kappa shape index (κ3) is 3.41. The number of hydrogen-bond acceptors (Lipinski definition) is 2. The van der Waals surface area contributed by atoms with Crippen molar-refractivity contribution in [1.29, 1.82) is 0 Å². The zero-order chi connectivity index (χ0) is 11.3. The second-order valence-electron chi connectivity index (χ2n) is 4.60. The predicted molar refractivity (Wildman–Crippen MR) is 69.1 cm³/mol. The largest absolute Gasteiger partial charge is 0.373 e. The molecule has 0 aromatic heterocycles. The summed E-state index contributed by atoms with van der Waals surface area (Å²) < 4.78 is 5.82. The van der Waals surface area contributed by atoms with Gasteiger partial charge in [-0.2, -0.15) is 0 Å². The number of likely N-dealkylation sites (tertiary alicyclic amines) is 1. The van der Waals surface area contributed by atoms with Gasteiger partial charge in [-0.05, 0) is 51.5 Å². The summed E-state index contributed by atoms with van der Waals surface area (Å²) in [5.74, 6) is 0.586. The van der Waals surface area contributed by atoms with E-state index in [0.29, 0.717) is 11.3 Å². The Labute approximate surface area is 96.5 Å². The Kier molecular flexibility index (Phi) is 5.52. The molecule has 0 radical (unpaired) electrons. The molecule has 2 aliphatic heterocycles. The van der Waals surface area contributed by atoms with Crippen LogP contribution in [0, 0.1) is 5.41 Å². The summed E-state index contributed by atoms with van der Waals surface area (Å²) in [5, 5.41) is 0. The van der Waals surface area contributed by atoms with Crippen molar-refractivity contribution in [2.45, 2.75) is 39.0 Å². The standard InChI is InChI=1S/C10H20NOP.C2H6/c1-11-5-3-10(4-6-11)7-9(13-2)12-8-10;1-2/h9,13H,3-8H2,1-2H3;1-2H3. The molecule has 2 nitrogen and oxygen atoms in total. The molecule has 2 unspecified atom stereocenters. The summed E-state index contributed by atoms with van der Waals surface area (Å²) in [4.78, 5) is 2.44. The molecule has 2 saturated heterocycles. The molecule has 0 N–H and O–H groups in total. The number of ether oxygens (including phenoxy) is 1. The van der Waals surface area contributed by atoms with Gasteiger partial charge in [-0.15, -0.1) is 0 Å². The SMILES string of the molecule is CC.CPC1CC2(CCN(C)CC2)CO1. The molecule has 2 heterocycles. The Bertz CT molecular complexity index is 178. The van der Waals surface area contributed by atoms with E-state index in [-0.39, 0.29) is 0 Å². The molecule has 0 bridgehead atoms. The smallest absolute Gasteiger partial charge is 0.0740 e. The Balaban J connectivity index is 0.000000531. The normalized spacial score (nSPS) is 30.8. The van der Waals surface area contributed by atoms with E-state index < -0.39 is 0 Å². The summed E-state index contributed by atoms with van der Waals surface area (Å²) in [6.45, 7) is 9.83. The van der Waals surface area contributed by atoms with Crippen LogP contribution in [-0.4, -0.2) is 44.2 Å². The van der Waals surface area contributed by atoms with Gasteiger partial charge in [-0.25, -0.2) is 0 Å². The molecule has 2 atom stereocenters. The molecule has 0 amide bonds. The Morgan fingerprint density at radius 2 is 1.87 bits per heavy atom. The fourth-order valence-electron chi connectivity index (χ4n) is 2.42. The van der Waals surface area contributed by atoms with Gasteiger partial charge in [-0.3, -0.25) is 0 Å². The maximum Gasteiger partial charge on any atom is 0.0740 e. The minimum absolute atomic E-state index is 0.570. The van der Waals surface area contributed by atoms with E-state index in [2.05, 4.69) is 18.6 Å². The van der Waals surface area contributed by atoms with Gasteiger partial charge in [0.25, 0.3) is 0 Å². The van der Waals surface area contributed by atoms with Gasteiger partial charge in [0.15, 0.2) is 0 Å². The third-order valence-corrected chi connectivity index (χ3v) is 4.59. The highest BCUT2D eigenvalue weighted by Gasteiger charge is 2.41. The van der Waals surface area contributed by atoms with Crippen molar-refractivity contribution < 1.29 is 4.74 Å². The maximum absolute atomic E-state index is 5.82. The summed E-state index contributed by atoms with van der Waals surface area (Å²) in [7, 11) is 3.19. The van der Waals surface area contributed by atoms with Crippen molar-refractivity contribution in [2.24, 2.45) is 5.41 Å². The van der Waals surface area contributed by atoms with Crippen molar-refractivity contribution in [3.05, 3.63) is 0 Å². The van der Waals surface area contributed by atoms with Crippen molar-refractivity contribution in [2.75, 3.05) is 33.4 Å². The molecule has 2 aliphatic rings. The predicted octanol–water partition coefficient (Wildman–Crippen LogP) is 2.78. The van der Waals surface area contributed by atoms with Gasteiger partial charge in [-0.1, -0.05) is 22.4 Å². The van der Waals surface area contributed by atoms with Crippen molar-refractivity contribution in [1.82, 2.24) is 4.90 Å². The summed E-state index contributed by atoms with van der Waals surface area (Å²) in [6.07, 6.45) is 4.03. The fraction of sp³-hybridized carbons (Fsp3) is 1.00. The van der Waals surface area contributed by atoms with Crippen LogP contribution in [0.1, 0.15) is 33.1 Å². The van der Waals surface area contributed by atoms with E-state index >= 15 is 0 Å². The fourth-order valence-corrected chi connectivity index (χ4v) is 3.30. The molecule has 0 aromatic carbocycles. The van der Waals surface area contributed by atoms with Crippen LogP contribution in [-0.2, 0) is 4.74 Å². The third-order valence-electron chi connectivity index (χ3n) is 3.58. The van der Waals surface area contributed by atoms with Crippen LogP contribution in [0.2, 0.25) is 0 Å². The van der Waals surface area contributed by atoms with Crippen LogP contribution in [0.4, 0.5) is 0 Å². The van der Waals surface area contributed by atoms with E-state index in [1.54, 1.807) is 0 Å². The second-order valence-corrected chi connectivity index (χ2v) is 5.82. The lowest BCUT2D eigenvalue weighted by Gasteiger charge is -2.36. The lowest BCUT2D eigenvalue weighted by molar-refractivity contribution is 0.0879.